The van der Waals surface area contributed by atoms with E-state index in [4.69, 9.17) is 4.74 Å². The first kappa shape index (κ1) is 17.0. The maximum atomic E-state index is 13.6. The minimum atomic E-state index is -0.741. The summed E-state index contributed by atoms with van der Waals surface area (Å²) in [4.78, 5) is 23.8. The molecule has 0 fully saturated rings. The van der Waals surface area contributed by atoms with E-state index in [0.29, 0.717) is 22.4 Å². The molecule has 0 saturated heterocycles. The molecule has 0 spiro atoms. The fourth-order valence-corrected chi connectivity index (χ4v) is 2.13. The lowest BCUT2D eigenvalue weighted by Gasteiger charge is -2.09. The highest BCUT2D eigenvalue weighted by molar-refractivity contribution is 9.10. The van der Waals surface area contributed by atoms with Crippen LogP contribution in [0.5, 0.6) is 5.75 Å². The number of benzene rings is 2. The molecule has 0 aromatic heterocycles. The van der Waals surface area contributed by atoms with Crippen molar-refractivity contribution in [3.63, 3.8) is 0 Å². The van der Waals surface area contributed by atoms with Gasteiger partial charge in [0.2, 0.25) is 0 Å². The van der Waals surface area contributed by atoms with E-state index in [1.54, 1.807) is 24.3 Å². The average molecular weight is 381 g/mol. The van der Waals surface area contributed by atoms with Gasteiger partial charge in [0.15, 0.2) is 0 Å². The van der Waals surface area contributed by atoms with Gasteiger partial charge >= 0.3 is 0 Å². The van der Waals surface area contributed by atoms with Crippen molar-refractivity contribution in [3.05, 3.63) is 63.9 Å². The van der Waals surface area contributed by atoms with Crippen LogP contribution in [-0.4, -0.2) is 18.4 Å². The Balaban J connectivity index is 1.96. The highest BCUT2D eigenvalue weighted by atomic mass is 79.9. The summed E-state index contributed by atoms with van der Waals surface area (Å²) in [5.74, 6) is -1.30. The molecule has 0 aliphatic heterocycles. The Labute approximate surface area is 140 Å². The van der Waals surface area contributed by atoms with E-state index in [9.17, 15) is 14.0 Å². The topological polar surface area (TPSA) is 67.4 Å². The first-order valence-electron chi connectivity index (χ1n) is 6.80. The zero-order valence-electron chi connectivity index (χ0n) is 12.2. The Bertz CT molecular complexity index is 720. The van der Waals surface area contributed by atoms with Crippen LogP contribution in [0, 0.1) is 5.82 Å². The van der Waals surface area contributed by atoms with Crippen molar-refractivity contribution >= 4 is 27.7 Å². The summed E-state index contributed by atoms with van der Waals surface area (Å²) < 4.78 is 19.4. The Morgan fingerprint density at radius 1 is 1.09 bits per heavy atom. The quantitative estimate of drug-likeness (QED) is 0.800. The summed E-state index contributed by atoms with van der Waals surface area (Å²) in [5.41, 5.74) is 4.58. The maximum absolute atomic E-state index is 13.6. The summed E-state index contributed by atoms with van der Waals surface area (Å²) in [5, 5.41) is 0. The van der Waals surface area contributed by atoms with Crippen LogP contribution in [0.1, 0.15) is 27.6 Å². The van der Waals surface area contributed by atoms with Crippen LogP contribution in [-0.2, 0) is 0 Å². The van der Waals surface area contributed by atoms with E-state index < -0.39 is 17.6 Å². The van der Waals surface area contributed by atoms with Crippen molar-refractivity contribution in [2.45, 2.75) is 6.92 Å². The van der Waals surface area contributed by atoms with Gasteiger partial charge in [0.1, 0.15) is 11.6 Å². The van der Waals surface area contributed by atoms with E-state index in [1.165, 1.54) is 18.2 Å². The molecule has 0 heterocycles. The smallest absolute Gasteiger partial charge is 0.272 e. The monoisotopic (exact) mass is 380 g/mol. The standard InChI is InChI=1S/C16H14BrFN2O3/c1-2-23-12-6-3-10(4-7-12)15(21)19-20-16(22)13-8-5-11(17)9-14(13)18/h3-9H,2H2,1H3,(H,19,21)(H,20,22). The van der Waals surface area contributed by atoms with Gasteiger partial charge in [-0.2, -0.15) is 0 Å². The van der Waals surface area contributed by atoms with E-state index in [-0.39, 0.29) is 5.56 Å². The minimum absolute atomic E-state index is 0.166. The molecule has 2 aromatic carbocycles. The molecule has 0 unspecified atom stereocenters. The summed E-state index contributed by atoms with van der Waals surface area (Å²) in [6, 6.07) is 10.4. The summed E-state index contributed by atoms with van der Waals surface area (Å²) in [6.07, 6.45) is 0. The SMILES string of the molecule is CCOc1ccc(C(=O)NNC(=O)c2ccc(Br)cc2F)cc1. The number of rotatable bonds is 4. The number of carbonyl (C=O) groups excluding carboxylic acids is 2. The number of hydrogen-bond acceptors (Lipinski definition) is 3. The van der Waals surface area contributed by atoms with Gasteiger partial charge in [0.25, 0.3) is 11.8 Å². The number of ether oxygens (including phenoxy) is 1. The number of halogens is 2. The predicted octanol–water partition coefficient (Wildman–Crippen LogP) is 3.06. The van der Waals surface area contributed by atoms with Crippen molar-refractivity contribution in [2.75, 3.05) is 6.61 Å². The normalized spacial score (nSPS) is 10.0. The second kappa shape index (κ2) is 7.73. The van der Waals surface area contributed by atoms with Crippen LogP contribution in [0.3, 0.4) is 0 Å². The first-order valence-corrected chi connectivity index (χ1v) is 7.59. The molecule has 0 bridgehead atoms. The van der Waals surface area contributed by atoms with Gasteiger partial charge in [0.05, 0.1) is 12.2 Å². The van der Waals surface area contributed by atoms with E-state index in [0.717, 1.165) is 0 Å². The second-order valence-corrected chi connectivity index (χ2v) is 5.41. The third kappa shape index (κ3) is 4.53. The maximum Gasteiger partial charge on any atom is 0.272 e. The molecule has 7 heteroatoms. The molecule has 23 heavy (non-hydrogen) atoms. The Morgan fingerprint density at radius 2 is 1.74 bits per heavy atom. The molecule has 2 rings (SSSR count). The zero-order valence-corrected chi connectivity index (χ0v) is 13.8. The van der Waals surface area contributed by atoms with Crippen LogP contribution in [0.15, 0.2) is 46.9 Å². The van der Waals surface area contributed by atoms with Gasteiger partial charge in [0, 0.05) is 10.0 Å². The molecule has 120 valence electrons. The van der Waals surface area contributed by atoms with E-state index in [2.05, 4.69) is 26.8 Å². The third-order valence-electron chi connectivity index (χ3n) is 2.89. The Morgan fingerprint density at radius 3 is 2.35 bits per heavy atom. The molecule has 0 aliphatic rings. The molecule has 0 radical (unpaired) electrons. The Kier molecular flexibility index (Phi) is 5.70. The molecular formula is C16H14BrFN2O3. The van der Waals surface area contributed by atoms with Crippen LogP contribution in [0.2, 0.25) is 0 Å². The van der Waals surface area contributed by atoms with E-state index in [1.807, 2.05) is 6.92 Å². The van der Waals surface area contributed by atoms with Crippen molar-refractivity contribution in [3.8, 4) is 5.75 Å². The van der Waals surface area contributed by atoms with Crippen LogP contribution >= 0.6 is 15.9 Å². The lowest BCUT2D eigenvalue weighted by Crippen LogP contribution is -2.41. The minimum Gasteiger partial charge on any atom is -0.494 e. The molecule has 2 N–H and O–H groups in total. The van der Waals surface area contributed by atoms with Crippen molar-refractivity contribution in [1.29, 1.82) is 0 Å². The number of hydrazine groups is 1. The fraction of sp³-hybridized carbons (Fsp3) is 0.125. The zero-order chi connectivity index (χ0) is 16.8. The van der Waals surface area contributed by atoms with Gasteiger partial charge in [-0.05, 0) is 49.4 Å². The molecule has 0 aliphatic carbocycles. The summed E-state index contributed by atoms with van der Waals surface area (Å²) in [7, 11) is 0. The number of nitrogens with one attached hydrogen (secondary N) is 2. The summed E-state index contributed by atoms with van der Waals surface area (Å²) in [6.45, 7) is 2.39. The largest absolute Gasteiger partial charge is 0.494 e. The number of amides is 2. The lowest BCUT2D eigenvalue weighted by molar-refractivity contribution is 0.0844. The molecular weight excluding hydrogens is 367 g/mol. The molecule has 0 saturated carbocycles. The number of carbonyl (C=O) groups is 2. The predicted molar refractivity (Wildman–Crippen MR) is 86.6 cm³/mol. The molecule has 2 aromatic rings. The van der Waals surface area contributed by atoms with Gasteiger partial charge in [-0.15, -0.1) is 0 Å². The molecule has 5 nitrogen and oxygen atoms in total. The van der Waals surface area contributed by atoms with Gasteiger partial charge in [-0.25, -0.2) is 4.39 Å². The van der Waals surface area contributed by atoms with Gasteiger partial charge < -0.3 is 4.74 Å². The fourth-order valence-electron chi connectivity index (χ4n) is 1.80. The summed E-state index contributed by atoms with van der Waals surface area (Å²) >= 11 is 3.10. The Hall–Kier alpha value is -2.41. The second-order valence-electron chi connectivity index (χ2n) is 4.49. The molecule has 0 atom stereocenters. The van der Waals surface area contributed by atoms with Crippen molar-refractivity contribution < 1.29 is 18.7 Å². The van der Waals surface area contributed by atoms with E-state index >= 15 is 0 Å². The first-order chi connectivity index (χ1) is 11.0. The van der Waals surface area contributed by atoms with Crippen molar-refractivity contribution in [2.24, 2.45) is 0 Å². The van der Waals surface area contributed by atoms with Gasteiger partial charge in [-0.1, -0.05) is 15.9 Å². The average Bonchev–Trinajstić information content (AvgIpc) is 2.53. The highest BCUT2D eigenvalue weighted by Crippen LogP contribution is 2.15. The van der Waals surface area contributed by atoms with Crippen LogP contribution in [0.25, 0.3) is 0 Å². The molecule has 2 amide bonds. The lowest BCUT2D eigenvalue weighted by atomic mass is 10.2. The van der Waals surface area contributed by atoms with Crippen molar-refractivity contribution in [1.82, 2.24) is 10.9 Å². The number of hydrogen-bond donors (Lipinski definition) is 2. The third-order valence-corrected chi connectivity index (χ3v) is 3.39. The van der Waals surface area contributed by atoms with Crippen LogP contribution < -0.4 is 15.6 Å². The highest BCUT2D eigenvalue weighted by Gasteiger charge is 2.13. The van der Waals surface area contributed by atoms with Crippen LogP contribution in [0.4, 0.5) is 4.39 Å². The van der Waals surface area contributed by atoms with Gasteiger partial charge in [-0.3, -0.25) is 20.4 Å².